The Morgan fingerprint density at radius 2 is 1.58 bits per heavy atom. The van der Waals surface area contributed by atoms with E-state index in [9.17, 15) is 23.1 Å². The van der Waals surface area contributed by atoms with Crippen LogP contribution in [0.5, 0.6) is 11.5 Å². The predicted molar refractivity (Wildman–Crippen MR) is 126 cm³/mol. The number of benzene rings is 3. The van der Waals surface area contributed by atoms with Gasteiger partial charge in [-0.1, -0.05) is 15.9 Å². The SMILES string of the molecule is COc1ccc(NS(=O)(=O)c2ccc(C(=O)Nc3ccc(Br)cc3C(=O)O)cc2)cc1OC. The van der Waals surface area contributed by atoms with Gasteiger partial charge in [0.25, 0.3) is 15.9 Å². The van der Waals surface area contributed by atoms with Crippen LogP contribution in [0.3, 0.4) is 0 Å². The number of hydrogen-bond donors (Lipinski definition) is 3. The minimum absolute atomic E-state index is 0.0660. The molecule has 0 aliphatic rings. The van der Waals surface area contributed by atoms with Crippen molar-refractivity contribution in [2.24, 2.45) is 0 Å². The van der Waals surface area contributed by atoms with E-state index in [1.165, 1.54) is 62.8 Å². The summed E-state index contributed by atoms with van der Waals surface area (Å²) >= 11 is 3.19. The molecule has 1 amide bonds. The first-order chi connectivity index (χ1) is 15.6. The quantitative estimate of drug-likeness (QED) is 0.394. The Hall–Kier alpha value is -3.57. The number of carboxylic acid groups (broad SMARTS) is 1. The Balaban J connectivity index is 1.78. The zero-order valence-corrected chi connectivity index (χ0v) is 19.9. The lowest BCUT2D eigenvalue weighted by atomic mass is 10.1. The Bertz CT molecular complexity index is 1310. The van der Waals surface area contributed by atoms with Crippen LogP contribution >= 0.6 is 15.9 Å². The van der Waals surface area contributed by atoms with Gasteiger partial charge in [-0.25, -0.2) is 13.2 Å². The molecule has 3 aromatic carbocycles. The van der Waals surface area contributed by atoms with Crippen LogP contribution in [0.4, 0.5) is 11.4 Å². The first-order valence-corrected chi connectivity index (χ1v) is 11.6. The monoisotopic (exact) mass is 534 g/mol. The molecular weight excluding hydrogens is 516 g/mol. The summed E-state index contributed by atoms with van der Waals surface area (Å²) in [5, 5.41) is 11.8. The molecule has 3 N–H and O–H groups in total. The second-order valence-electron chi connectivity index (χ2n) is 6.65. The number of halogens is 1. The van der Waals surface area contributed by atoms with E-state index in [0.29, 0.717) is 16.0 Å². The third-order valence-corrected chi connectivity index (χ3v) is 6.41. The number of rotatable bonds is 8. The Kier molecular flexibility index (Phi) is 7.24. The highest BCUT2D eigenvalue weighted by Crippen LogP contribution is 2.31. The summed E-state index contributed by atoms with van der Waals surface area (Å²) in [4.78, 5) is 23.9. The highest BCUT2D eigenvalue weighted by atomic mass is 79.9. The lowest BCUT2D eigenvalue weighted by Gasteiger charge is -2.12. The average molecular weight is 535 g/mol. The normalized spacial score (nSPS) is 10.9. The van der Waals surface area contributed by atoms with Crippen molar-refractivity contribution in [1.82, 2.24) is 0 Å². The van der Waals surface area contributed by atoms with E-state index in [1.807, 2.05) is 0 Å². The number of carbonyl (C=O) groups is 2. The van der Waals surface area contributed by atoms with Crippen LogP contribution in [0.1, 0.15) is 20.7 Å². The van der Waals surface area contributed by atoms with Crippen molar-refractivity contribution in [3.8, 4) is 11.5 Å². The minimum atomic E-state index is -3.94. The fourth-order valence-electron chi connectivity index (χ4n) is 2.90. The maximum absolute atomic E-state index is 12.7. The Morgan fingerprint density at radius 3 is 2.18 bits per heavy atom. The van der Waals surface area contributed by atoms with E-state index in [2.05, 4.69) is 26.0 Å². The van der Waals surface area contributed by atoms with E-state index in [0.717, 1.165) is 0 Å². The Morgan fingerprint density at radius 1 is 0.909 bits per heavy atom. The fraction of sp³-hybridized carbons (Fsp3) is 0.0909. The fourth-order valence-corrected chi connectivity index (χ4v) is 4.31. The third-order valence-electron chi connectivity index (χ3n) is 4.52. The van der Waals surface area contributed by atoms with Gasteiger partial charge in [-0.3, -0.25) is 9.52 Å². The summed E-state index contributed by atoms with van der Waals surface area (Å²) in [5.41, 5.74) is 0.448. The van der Waals surface area contributed by atoms with Crippen LogP contribution in [0, 0.1) is 0 Å². The first-order valence-electron chi connectivity index (χ1n) is 9.33. The summed E-state index contributed by atoms with van der Waals surface area (Å²) in [5.74, 6) is -0.975. The summed E-state index contributed by atoms with van der Waals surface area (Å²) in [7, 11) is -1.03. The lowest BCUT2D eigenvalue weighted by Crippen LogP contribution is -2.16. The van der Waals surface area contributed by atoms with Crippen LogP contribution in [0.15, 0.2) is 70.0 Å². The summed E-state index contributed by atoms with van der Waals surface area (Å²) in [6, 6.07) is 14.2. The molecule has 0 radical (unpaired) electrons. The number of aromatic carboxylic acids is 1. The lowest BCUT2D eigenvalue weighted by molar-refractivity contribution is 0.0698. The molecular formula is C22H19BrN2O7S. The molecule has 0 bridgehead atoms. The van der Waals surface area contributed by atoms with Crippen molar-refractivity contribution in [2.45, 2.75) is 4.90 Å². The van der Waals surface area contributed by atoms with Gasteiger partial charge < -0.3 is 19.9 Å². The van der Waals surface area contributed by atoms with Gasteiger partial charge in [0.2, 0.25) is 0 Å². The molecule has 3 aromatic rings. The molecule has 0 aromatic heterocycles. The molecule has 0 unspecified atom stereocenters. The van der Waals surface area contributed by atoms with Gasteiger partial charge in [0, 0.05) is 16.1 Å². The molecule has 172 valence electrons. The van der Waals surface area contributed by atoms with Gasteiger partial charge in [0.15, 0.2) is 11.5 Å². The van der Waals surface area contributed by atoms with Gasteiger partial charge in [-0.05, 0) is 54.6 Å². The van der Waals surface area contributed by atoms with Crippen molar-refractivity contribution in [1.29, 1.82) is 0 Å². The largest absolute Gasteiger partial charge is 0.493 e. The van der Waals surface area contributed by atoms with E-state index < -0.39 is 21.9 Å². The second kappa shape index (κ2) is 9.92. The first kappa shape index (κ1) is 24.1. The van der Waals surface area contributed by atoms with Crippen molar-refractivity contribution >= 4 is 49.2 Å². The number of sulfonamides is 1. The number of amides is 1. The molecule has 0 saturated heterocycles. The predicted octanol–water partition coefficient (Wildman–Crippen LogP) is 4.22. The van der Waals surface area contributed by atoms with Gasteiger partial charge in [-0.15, -0.1) is 0 Å². The number of carbonyl (C=O) groups excluding carboxylic acids is 1. The smallest absolute Gasteiger partial charge is 0.337 e. The maximum atomic E-state index is 12.7. The number of anilines is 2. The highest BCUT2D eigenvalue weighted by Gasteiger charge is 2.18. The zero-order valence-electron chi connectivity index (χ0n) is 17.5. The van der Waals surface area contributed by atoms with E-state index in [4.69, 9.17) is 9.47 Å². The molecule has 11 heteroatoms. The standard InChI is InChI=1S/C22H19BrN2O7S/c1-31-19-10-6-15(12-20(19)32-2)25-33(29,30)16-7-3-13(4-8-16)21(26)24-18-9-5-14(23)11-17(18)22(27)28/h3-12,25H,1-2H3,(H,24,26)(H,27,28). The van der Waals surface area contributed by atoms with E-state index in [-0.39, 0.29) is 27.4 Å². The van der Waals surface area contributed by atoms with Crippen molar-refractivity contribution in [2.75, 3.05) is 24.3 Å². The van der Waals surface area contributed by atoms with Crippen LogP contribution in [0.2, 0.25) is 0 Å². The molecule has 0 atom stereocenters. The van der Waals surface area contributed by atoms with Crippen LogP contribution < -0.4 is 19.5 Å². The summed E-state index contributed by atoms with van der Waals surface area (Å²) < 4.78 is 38.8. The van der Waals surface area contributed by atoms with Gasteiger partial charge in [0.05, 0.1) is 36.1 Å². The molecule has 9 nitrogen and oxygen atoms in total. The van der Waals surface area contributed by atoms with E-state index >= 15 is 0 Å². The topological polar surface area (TPSA) is 131 Å². The molecule has 0 fully saturated rings. The van der Waals surface area contributed by atoms with Gasteiger partial charge >= 0.3 is 5.97 Å². The highest BCUT2D eigenvalue weighted by molar-refractivity contribution is 9.10. The molecule has 33 heavy (non-hydrogen) atoms. The molecule has 0 saturated carbocycles. The van der Waals surface area contributed by atoms with E-state index in [1.54, 1.807) is 12.1 Å². The maximum Gasteiger partial charge on any atom is 0.337 e. The summed E-state index contributed by atoms with van der Waals surface area (Å²) in [6.07, 6.45) is 0. The van der Waals surface area contributed by atoms with Crippen LogP contribution in [-0.2, 0) is 10.0 Å². The number of nitrogens with one attached hydrogen (secondary N) is 2. The van der Waals surface area contributed by atoms with Crippen LogP contribution in [-0.4, -0.2) is 39.6 Å². The molecule has 0 aliphatic carbocycles. The number of methoxy groups -OCH3 is 2. The number of hydrogen-bond acceptors (Lipinski definition) is 6. The summed E-state index contributed by atoms with van der Waals surface area (Å²) in [6.45, 7) is 0. The second-order valence-corrected chi connectivity index (χ2v) is 9.25. The van der Waals surface area contributed by atoms with Crippen molar-refractivity contribution < 1.29 is 32.6 Å². The molecule has 0 aliphatic heterocycles. The number of carboxylic acids is 1. The van der Waals surface area contributed by atoms with Crippen molar-refractivity contribution in [3.63, 3.8) is 0 Å². The third kappa shape index (κ3) is 5.62. The van der Waals surface area contributed by atoms with Gasteiger partial charge in [-0.2, -0.15) is 0 Å². The van der Waals surface area contributed by atoms with Crippen LogP contribution in [0.25, 0.3) is 0 Å². The number of ether oxygens (including phenoxy) is 2. The zero-order chi connectivity index (χ0) is 24.2. The molecule has 3 rings (SSSR count). The van der Waals surface area contributed by atoms with Crippen molar-refractivity contribution in [3.05, 3.63) is 76.3 Å². The molecule has 0 spiro atoms. The molecule has 0 heterocycles. The Labute approximate surface area is 198 Å². The average Bonchev–Trinajstić information content (AvgIpc) is 2.79. The minimum Gasteiger partial charge on any atom is -0.493 e. The van der Waals surface area contributed by atoms with Gasteiger partial charge in [0.1, 0.15) is 0 Å².